The molecular formula is C14H7Cl2N3O3S. The van der Waals surface area contributed by atoms with Gasteiger partial charge in [-0.2, -0.15) is 0 Å². The van der Waals surface area contributed by atoms with Crippen LogP contribution >= 0.6 is 34.5 Å². The van der Waals surface area contributed by atoms with E-state index in [2.05, 4.69) is 10.3 Å². The summed E-state index contributed by atoms with van der Waals surface area (Å²) in [4.78, 5) is 26.5. The molecule has 6 nitrogen and oxygen atoms in total. The lowest BCUT2D eigenvalue weighted by Crippen LogP contribution is -2.11. The Morgan fingerprint density at radius 2 is 1.91 bits per heavy atom. The first-order chi connectivity index (χ1) is 10.9. The van der Waals surface area contributed by atoms with E-state index < -0.39 is 10.8 Å². The van der Waals surface area contributed by atoms with E-state index in [0.29, 0.717) is 26.3 Å². The lowest BCUT2D eigenvalue weighted by Gasteiger charge is -2.00. The molecule has 2 aromatic carbocycles. The van der Waals surface area contributed by atoms with Crippen molar-refractivity contribution in [2.45, 2.75) is 0 Å². The maximum atomic E-state index is 12.2. The van der Waals surface area contributed by atoms with Crippen LogP contribution in [0.3, 0.4) is 0 Å². The number of amides is 1. The molecular weight excluding hydrogens is 361 g/mol. The van der Waals surface area contributed by atoms with Gasteiger partial charge < -0.3 is 0 Å². The van der Waals surface area contributed by atoms with Crippen molar-refractivity contribution < 1.29 is 9.72 Å². The van der Waals surface area contributed by atoms with Crippen molar-refractivity contribution in [2.24, 2.45) is 0 Å². The van der Waals surface area contributed by atoms with Crippen LogP contribution in [0.15, 0.2) is 36.4 Å². The molecule has 9 heteroatoms. The zero-order valence-corrected chi connectivity index (χ0v) is 13.6. The smallest absolute Gasteiger partial charge is 0.269 e. The first-order valence-corrected chi connectivity index (χ1v) is 7.82. The van der Waals surface area contributed by atoms with Gasteiger partial charge in [0.1, 0.15) is 5.52 Å². The van der Waals surface area contributed by atoms with Gasteiger partial charge in [0.05, 0.1) is 14.6 Å². The summed E-state index contributed by atoms with van der Waals surface area (Å²) in [6, 6.07) is 8.58. The lowest BCUT2D eigenvalue weighted by atomic mass is 10.2. The van der Waals surface area contributed by atoms with Crippen molar-refractivity contribution in [1.29, 1.82) is 0 Å². The molecule has 3 rings (SSSR count). The lowest BCUT2D eigenvalue weighted by molar-refractivity contribution is -0.384. The van der Waals surface area contributed by atoms with E-state index in [1.54, 1.807) is 12.1 Å². The molecule has 1 aromatic heterocycles. The van der Waals surface area contributed by atoms with Gasteiger partial charge in [0.15, 0.2) is 5.13 Å². The van der Waals surface area contributed by atoms with Gasteiger partial charge in [-0.25, -0.2) is 4.98 Å². The fourth-order valence-corrected chi connectivity index (χ4v) is 3.50. The van der Waals surface area contributed by atoms with Crippen LogP contribution in [0.5, 0.6) is 0 Å². The molecule has 23 heavy (non-hydrogen) atoms. The number of nitrogens with zero attached hydrogens (tertiary/aromatic N) is 2. The van der Waals surface area contributed by atoms with Crippen molar-refractivity contribution in [2.75, 3.05) is 5.32 Å². The van der Waals surface area contributed by atoms with E-state index >= 15 is 0 Å². The number of halogens is 2. The minimum Gasteiger partial charge on any atom is -0.298 e. The maximum absolute atomic E-state index is 12.2. The number of anilines is 1. The summed E-state index contributed by atoms with van der Waals surface area (Å²) in [7, 11) is 0. The van der Waals surface area contributed by atoms with Crippen molar-refractivity contribution >= 4 is 61.5 Å². The molecule has 1 N–H and O–H groups in total. The first kappa shape index (κ1) is 15.7. The van der Waals surface area contributed by atoms with Crippen LogP contribution in [-0.4, -0.2) is 15.8 Å². The monoisotopic (exact) mass is 367 g/mol. The number of nitrogens with one attached hydrogen (secondary N) is 1. The molecule has 0 aliphatic rings. The molecule has 0 fully saturated rings. The number of rotatable bonds is 3. The predicted octanol–water partition coefficient (Wildman–Crippen LogP) is 4.76. The molecule has 0 aliphatic carbocycles. The Bertz CT molecular complexity index is 925. The molecule has 0 radical (unpaired) electrons. The highest BCUT2D eigenvalue weighted by atomic mass is 35.5. The highest BCUT2D eigenvalue weighted by Crippen LogP contribution is 2.33. The van der Waals surface area contributed by atoms with E-state index in [9.17, 15) is 14.9 Å². The predicted molar refractivity (Wildman–Crippen MR) is 90.7 cm³/mol. The third kappa shape index (κ3) is 3.26. The number of non-ortho nitro benzene ring substituents is 1. The van der Waals surface area contributed by atoms with Crippen LogP contribution in [0.2, 0.25) is 10.0 Å². The summed E-state index contributed by atoms with van der Waals surface area (Å²) in [6.07, 6.45) is 0. The Balaban J connectivity index is 1.85. The number of fused-ring (bicyclic) bond motifs is 1. The Morgan fingerprint density at radius 3 is 2.57 bits per heavy atom. The minimum absolute atomic E-state index is 0.0806. The zero-order chi connectivity index (χ0) is 16.6. The number of hydrogen-bond donors (Lipinski definition) is 1. The molecule has 0 atom stereocenters. The SMILES string of the molecule is O=C(Nc1nc2c(Cl)cc(Cl)cc2s1)c1ccc([N+](=O)[O-])cc1. The summed E-state index contributed by atoms with van der Waals surface area (Å²) in [5, 5.41) is 14.5. The zero-order valence-electron chi connectivity index (χ0n) is 11.2. The first-order valence-electron chi connectivity index (χ1n) is 6.25. The third-order valence-corrected chi connectivity index (χ3v) is 4.40. The van der Waals surface area contributed by atoms with E-state index in [-0.39, 0.29) is 5.69 Å². The van der Waals surface area contributed by atoms with Crippen LogP contribution in [-0.2, 0) is 0 Å². The molecule has 0 unspecified atom stereocenters. The second-order valence-corrected chi connectivity index (χ2v) is 6.39. The van der Waals surface area contributed by atoms with Crippen LogP contribution in [0, 0.1) is 10.1 Å². The molecule has 0 saturated heterocycles. The quantitative estimate of drug-likeness (QED) is 0.533. The van der Waals surface area contributed by atoms with Gasteiger partial charge in [-0.3, -0.25) is 20.2 Å². The highest BCUT2D eigenvalue weighted by molar-refractivity contribution is 7.22. The van der Waals surface area contributed by atoms with Gasteiger partial charge in [-0.05, 0) is 24.3 Å². The number of benzene rings is 2. The summed E-state index contributed by atoms with van der Waals surface area (Å²) < 4.78 is 0.751. The average Bonchev–Trinajstić information content (AvgIpc) is 2.90. The Hall–Kier alpha value is -2.22. The molecule has 1 amide bonds. The van der Waals surface area contributed by atoms with Crippen molar-refractivity contribution in [3.8, 4) is 0 Å². The summed E-state index contributed by atoms with van der Waals surface area (Å²) in [5.41, 5.74) is 0.766. The molecule has 0 bridgehead atoms. The van der Waals surface area contributed by atoms with Crippen molar-refractivity contribution in [3.63, 3.8) is 0 Å². The Labute approximate surface area is 143 Å². The second-order valence-electron chi connectivity index (χ2n) is 4.51. The van der Waals surface area contributed by atoms with Gasteiger partial charge in [-0.1, -0.05) is 34.5 Å². The minimum atomic E-state index is -0.527. The number of hydrogen-bond acceptors (Lipinski definition) is 5. The van der Waals surface area contributed by atoms with Gasteiger partial charge in [0.25, 0.3) is 11.6 Å². The number of nitro groups is 1. The number of carbonyl (C=O) groups is 1. The van der Waals surface area contributed by atoms with Crippen LogP contribution < -0.4 is 5.32 Å². The topological polar surface area (TPSA) is 85.1 Å². The van der Waals surface area contributed by atoms with Gasteiger partial charge in [0.2, 0.25) is 0 Å². The van der Waals surface area contributed by atoms with Crippen LogP contribution in [0.1, 0.15) is 10.4 Å². The molecule has 1 heterocycles. The summed E-state index contributed by atoms with van der Waals surface area (Å²) >= 11 is 13.2. The normalized spacial score (nSPS) is 10.7. The molecule has 0 aliphatic heterocycles. The summed E-state index contributed by atoms with van der Waals surface area (Å²) in [5.74, 6) is -0.416. The standard InChI is InChI=1S/C14H7Cl2N3O3S/c15-8-5-10(16)12-11(6-8)23-14(17-12)18-13(20)7-1-3-9(4-2-7)19(21)22/h1-6H,(H,17,18,20). The van der Waals surface area contributed by atoms with E-state index in [4.69, 9.17) is 23.2 Å². The van der Waals surface area contributed by atoms with Gasteiger partial charge >= 0.3 is 0 Å². The number of thiazole rings is 1. The van der Waals surface area contributed by atoms with Gasteiger partial charge in [-0.15, -0.1) is 0 Å². The largest absolute Gasteiger partial charge is 0.298 e. The average molecular weight is 368 g/mol. The van der Waals surface area contributed by atoms with Crippen LogP contribution in [0.25, 0.3) is 10.2 Å². The van der Waals surface area contributed by atoms with E-state index in [1.807, 2.05) is 0 Å². The van der Waals surface area contributed by atoms with Gasteiger partial charge in [0, 0.05) is 22.7 Å². The van der Waals surface area contributed by atoms with E-state index in [0.717, 1.165) is 4.70 Å². The molecule has 116 valence electrons. The number of nitro benzene ring substituents is 1. The van der Waals surface area contributed by atoms with Crippen molar-refractivity contribution in [1.82, 2.24) is 4.98 Å². The Morgan fingerprint density at radius 1 is 1.22 bits per heavy atom. The molecule has 0 spiro atoms. The Kier molecular flexibility index (Phi) is 4.16. The molecule has 0 saturated carbocycles. The second kappa shape index (κ2) is 6.11. The fraction of sp³-hybridized carbons (Fsp3) is 0. The third-order valence-electron chi connectivity index (χ3n) is 2.97. The summed E-state index contributed by atoms with van der Waals surface area (Å²) in [6.45, 7) is 0. The fourth-order valence-electron chi connectivity index (χ4n) is 1.91. The van der Waals surface area contributed by atoms with E-state index in [1.165, 1.54) is 35.6 Å². The number of aromatic nitrogens is 1. The highest BCUT2D eigenvalue weighted by Gasteiger charge is 2.13. The van der Waals surface area contributed by atoms with Crippen molar-refractivity contribution in [3.05, 3.63) is 62.1 Å². The number of carbonyl (C=O) groups excluding carboxylic acids is 1. The maximum Gasteiger partial charge on any atom is 0.269 e. The molecule has 3 aromatic rings. The van der Waals surface area contributed by atoms with Crippen LogP contribution in [0.4, 0.5) is 10.8 Å².